The van der Waals surface area contributed by atoms with Gasteiger partial charge >= 0.3 is 0 Å². The van der Waals surface area contributed by atoms with Gasteiger partial charge in [0.1, 0.15) is 62.5 Å². The number of halogens is 1. The van der Waals surface area contributed by atoms with Gasteiger partial charge in [-0.3, -0.25) is 29.9 Å². The molecule has 706 valence electrons. The van der Waals surface area contributed by atoms with E-state index in [9.17, 15) is 9.50 Å². The summed E-state index contributed by atoms with van der Waals surface area (Å²) < 4.78 is 67.8. The van der Waals surface area contributed by atoms with Crippen molar-refractivity contribution < 1.29 is 52.1 Å². The molecular weight excluding hydrogens is 1710 g/mol. The standard InChI is InChI=1S/C27H30N6O2.C27H32N4O4.C25H30FN5O2.C25H31N5O2/c1-3-23(4-2-19(1)13-26-31-17-21(18-32-26)20-5-6-28-16-20)35-25-15-22(33-9-11-34-12-10-33)14-24-27(25)30-8-7-29-24;32-27(17-34-18-27)25-6-3-20(16-30-25)13-19-1-4-22(5-2-19)35-24-15-21(31-9-11-33-12-10-31)14-23-26(24)29-8-7-28-23;1-16-24(26)21(30-17(2)29-16)13-18-3-5-20(6-4-18)33-23-15-19(31-9-11-32-12-10-31)14-22-25(23)28-8-7-27-22;1-17-16-28-24(29-18(17)2)13-19-3-5-21(6-4-19)32-23-15-20(30-9-11-31-12-10-30)14-22-25(23)27-8-7-26-22/h5-8,14-15,17-19,23H,1-4,9-13,16H2;3,6-8,14-16,19,22,32H,1-2,4-5,9-13,17-18H2;7-8,14-15,18,20H,3-6,9-13H2,1-2H3;7-8,14-16,19,21H,3-6,9-13H2,1-2H3. The van der Waals surface area contributed by atoms with Gasteiger partial charge < -0.3 is 67.3 Å². The summed E-state index contributed by atoms with van der Waals surface area (Å²) in [5.74, 6) is 7.81. The Morgan fingerprint density at radius 3 is 1.10 bits per heavy atom. The van der Waals surface area contributed by atoms with Crippen LogP contribution in [0, 0.1) is 57.2 Å². The number of benzene rings is 4. The Bertz CT molecular complexity index is 6050. The van der Waals surface area contributed by atoms with E-state index in [1.165, 1.54) is 11.1 Å². The molecule has 12 aromatic rings. The number of ether oxygens (including phenoxy) is 9. The fourth-order valence-electron chi connectivity index (χ4n) is 20.2. The zero-order valence-corrected chi connectivity index (χ0v) is 78.0. The minimum absolute atomic E-state index is 0.116. The maximum atomic E-state index is 14.5. The summed E-state index contributed by atoms with van der Waals surface area (Å²) >= 11 is 0. The third-order valence-corrected chi connectivity index (χ3v) is 28.1. The number of aliphatic hydroxyl groups is 1. The molecule has 6 aliphatic heterocycles. The highest BCUT2D eigenvalue weighted by atomic mass is 19.1. The van der Waals surface area contributed by atoms with Gasteiger partial charge in [-0.05, 0) is 220 Å². The lowest BCUT2D eigenvalue weighted by Crippen LogP contribution is -2.47. The Hall–Kier alpha value is -11.9. The van der Waals surface area contributed by atoms with Crippen LogP contribution >= 0.6 is 0 Å². The Labute approximate surface area is 787 Å². The average Bonchev–Trinajstić information content (AvgIpc) is 0.869. The number of hydrogen-bond donors (Lipinski definition) is 1. The quantitative estimate of drug-likeness (QED) is 0.0659. The van der Waals surface area contributed by atoms with Crippen LogP contribution in [0.15, 0.2) is 146 Å². The largest absolute Gasteiger partial charge is 0.488 e. The van der Waals surface area contributed by atoms with Crippen LogP contribution in [0.1, 0.15) is 160 Å². The van der Waals surface area contributed by atoms with Gasteiger partial charge in [0.05, 0.1) is 136 Å². The number of aliphatic imine (C=N–C) groups is 1. The van der Waals surface area contributed by atoms with Crippen LogP contribution in [-0.2, 0) is 55.0 Å². The molecule has 0 radical (unpaired) electrons. The van der Waals surface area contributed by atoms with E-state index in [4.69, 9.17) is 42.6 Å². The molecule has 9 fully saturated rings. The number of morpholine rings is 4. The maximum absolute atomic E-state index is 14.5. The van der Waals surface area contributed by atoms with Crippen molar-refractivity contribution >= 4 is 78.7 Å². The van der Waals surface area contributed by atoms with Gasteiger partial charge in [0, 0.05) is 204 Å². The molecule has 14 heterocycles. The van der Waals surface area contributed by atoms with E-state index in [-0.39, 0.29) is 30.2 Å². The molecule has 0 bridgehead atoms. The van der Waals surface area contributed by atoms with Crippen molar-refractivity contribution in [3.8, 4) is 23.0 Å². The molecule has 31 heteroatoms. The number of hydrogen-bond acceptors (Lipinski definition) is 30. The van der Waals surface area contributed by atoms with Crippen LogP contribution in [-0.4, -0.2) is 235 Å². The number of pyridine rings is 1. The van der Waals surface area contributed by atoms with Gasteiger partial charge in [-0.15, -0.1) is 0 Å². The third kappa shape index (κ3) is 23.5. The molecule has 22 rings (SSSR count). The van der Waals surface area contributed by atoms with Gasteiger partial charge in [0.2, 0.25) is 0 Å². The summed E-state index contributed by atoms with van der Waals surface area (Å²) in [6.45, 7) is 22.0. The van der Waals surface area contributed by atoms with Crippen molar-refractivity contribution in [2.24, 2.45) is 28.7 Å². The smallest absolute Gasteiger partial charge is 0.165 e. The SMILES string of the molecule is C1=NCC(c2cnc(CC3CCC(Oc4cc(N5CCOCC5)cc5nccnc45)CC3)nc2)=C1.Cc1cnc(CC2CCC(Oc3cc(N4CCOCC4)cc4nccnc34)CC2)nc1C.Cc1nc(C)c(F)c(CC2CCC(Oc3cc(N4CCOCC4)cc4nccnc34)CC2)n1.OC1(c2ccc(CC3CCC(Oc4cc(N5CCOCC5)cc5nccnc45)CC3)cn2)COC1. The van der Waals surface area contributed by atoms with Gasteiger partial charge in [-0.25, -0.2) is 54.2 Å². The zero-order chi connectivity index (χ0) is 91.8. The molecule has 0 unspecified atom stereocenters. The van der Waals surface area contributed by atoms with Crippen molar-refractivity contribution in [3.63, 3.8) is 0 Å². The highest BCUT2D eigenvalue weighted by Gasteiger charge is 2.40. The number of aryl methyl sites for hydroxylation is 4. The second-order valence-electron chi connectivity index (χ2n) is 37.5. The van der Waals surface area contributed by atoms with Gasteiger partial charge in [-0.2, -0.15) is 0 Å². The van der Waals surface area contributed by atoms with E-state index < -0.39 is 5.60 Å². The lowest BCUT2D eigenvalue weighted by atomic mass is 9.83. The van der Waals surface area contributed by atoms with Crippen molar-refractivity contribution in [2.75, 3.05) is 145 Å². The minimum Gasteiger partial charge on any atom is -0.488 e. The summed E-state index contributed by atoms with van der Waals surface area (Å²) in [5.41, 5.74) is 17.8. The number of allylic oxidation sites excluding steroid dienone is 1. The van der Waals surface area contributed by atoms with E-state index in [0.717, 1.165) is 352 Å². The topological polar surface area (TPSA) is 322 Å². The Morgan fingerprint density at radius 1 is 0.378 bits per heavy atom. The first-order valence-corrected chi connectivity index (χ1v) is 48.7. The summed E-state index contributed by atoms with van der Waals surface area (Å²) in [6.07, 6.45) is 46.4. The number of nitrogens with zero attached hydrogens (tertiary/aromatic N) is 20. The molecule has 1 N–H and O–H groups in total. The van der Waals surface area contributed by atoms with Crippen LogP contribution in [0.3, 0.4) is 0 Å². The van der Waals surface area contributed by atoms with E-state index >= 15 is 0 Å². The van der Waals surface area contributed by atoms with Crippen LogP contribution in [0.2, 0.25) is 0 Å². The molecule has 4 aromatic carbocycles. The Kier molecular flexibility index (Phi) is 30.0. The fourth-order valence-corrected chi connectivity index (χ4v) is 20.2. The molecule has 8 aromatic heterocycles. The van der Waals surface area contributed by atoms with Crippen molar-refractivity contribution in [3.05, 3.63) is 204 Å². The summed E-state index contributed by atoms with van der Waals surface area (Å²) in [6, 6.07) is 20.9. The number of anilines is 4. The molecule has 4 saturated carbocycles. The molecule has 135 heavy (non-hydrogen) atoms. The number of fused-ring (bicyclic) bond motifs is 4. The van der Waals surface area contributed by atoms with Gasteiger partial charge in [0.25, 0.3) is 0 Å². The van der Waals surface area contributed by atoms with Crippen LogP contribution in [0.5, 0.6) is 23.0 Å². The molecule has 0 amide bonds. The van der Waals surface area contributed by atoms with Crippen LogP contribution in [0.4, 0.5) is 27.1 Å². The maximum Gasteiger partial charge on any atom is 0.165 e. The first kappa shape index (κ1) is 92.2. The average molecular weight is 1830 g/mol. The summed E-state index contributed by atoms with van der Waals surface area (Å²) in [7, 11) is 0. The van der Waals surface area contributed by atoms with E-state index in [2.05, 4.69) is 168 Å². The van der Waals surface area contributed by atoms with Gasteiger partial charge in [-0.1, -0.05) is 6.07 Å². The van der Waals surface area contributed by atoms with E-state index in [0.29, 0.717) is 66.2 Å². The van der Waals surface area contributed by atoms with Crippen LogP contribution in [0.25, 0.3) is 49.7 Å². The highest BCUT2D eigenvalue weighted by molar-refractivity contribution is 5.90. The minimum atomic E-state index is -0.901. The molecule has 10 aliphatic rings. The molecule has 0 atom stereocenters. The van der Waals surface area contributed by atoms with Crippen molar-refractivity contribution in [1.82, 2.24) is 74.8 Å². The normalized spacial score (nSPS) is 22.4. The number of rotatable bonds is 22. The Balaban J connectivity index is 0.000000116. The van der Waals surface area contributed by atoms with E-state index in [1.54, 1.807) is 56.5 Å². The Morgan fingerprint density at radius 2 is 0.748 bits per heavy atom. The predicted octanol–water partition coefficient (Wildman–Crippen LogP) is 15.4. The second kappa shape index (κ2) is 43.9. The summed E-state index contributed by atoms with van der Waals surface area (Å²) in [5, 5.41) is 10.4. The summed E-state index contributed by atoms with van der Waals surface area (Å²) in [4.78, 5) is 81.4. The molecule has 30 nitrogen and oxygen atoms in total. The van der Waals surface area contributed by atoms with Crippen molar-refractivity contribution in [2.45, 2.75) is 186 Å². The van der Waals surface area contributed by atoms with Crippen molar-refractivity contribution in [1.29, 1.82) is 0 Å². The first-order valence-electron chi connectivity index (χ1n) is 48.7. The zero-order valence-electron chi connectivity index (χ0n) is 78.0. The molecular formula is C104H123FN20O10. The monoisotopic (exact) mass is 1830 g/mol. The first-order chi connectivity index (χ1) is 66.2. The lowest BCUT2D eigenvalue weighted by molar-refractivity contribution is -0.186. The third-order valence-electron chi connectivity index (χ3n) is 28.1. The molecule has 5 saturated heterocycles. The fraction of sp³-hybridized carbons (Fsp3) is 0.500. The van der Waals surface area contributed by atoms with Crippen LogP contribution < -0.4 is 38.5 Å². The second-order valence-corrected chi connectivity index (χ2v) is 37.5. The molecule has 4 aliphatic carbocycles. The predicted molar refractivity (Wildman–Crippen MR) is 516 cm³/mol. The lowest BCUT2D eigenvalue weighted by Gasteiger charge is -2.35. The van der Waals surface area contributed by atoms with E-state index in [1.807, 2.05) is 50.1 Å². The highest BCUT2D eigenvalue weighted by Crippen LogP contribution is 2.42. The molecule has 0 spiro atoms. The number of aromatic nitrogens is 15. The van der Waals surface area contributed by atoms with Gasteiger partial charge in [0.15, 0.2) is 11.4 Å².